The fourth-order valence-corrected chi connectivity index (χ4v) is 1.96. The van der Waals surface area contributed by atoms with Gasteiger partial charge in [-0.1, -0.05) is 0 Å². The number of benzene rings is 1. The van der Waals surface area contributed by atoms with E-state index >= 15 is 0 Å². The number of pyridine rings is 1. The van der Waals surface area contributed by atoms with Crippen LogP contribution in [0.3, 0.4) is 0 Å². The molecule has 0 spiro atoms. The molecule has 0 aliphatic heterocycles. The van der Waals surface area contributed by atoms with E-state index in [0.717, 1.165) is 11.4 Å². The van der Waals surface area contributed by atoms with Crippen molar-refractivity contribution < 1.29 is 14.3 Å². The highest BCUT2D eigenvalue weighted by Gasteiger charge is 2.06. The number of rotatable bonds is 8. The maximum absolute atomic E-state index is 12.0. The van der Waals surface area contributed by atoms with E-state index in [0.29, 0.717) is 31.1 Å². The topological polar surface area (TPSA) is 72.5 Å². The molecule has 0 saturated carbocycles. The van der Waals surface area contributed by atoms with Gasteiger partial charge < -0.3 is 20.1 Å². The van der Waals surface area contributed by atoms with Crippen LogP contribution in [-0.4, -0.2) is 37.8 Å². The van der Waals surface area contributed by atoms with Crippen LogP contribution in [0.4, 0.5) is 11.5 Å². The lowest BCUT2D eigenvalue weighted by Gasteiger charge is -2.09. The Balaban J connectivity index is 2.00. The molecule has 0 atom stereocenters. The van der Waals surface area contributed by atoms with Crippen molar-refractivity contribution in [1.82, 2.24) is 10.3 Å². The van der Waals surface area contributed by atoms with E-state index in [1.807, 2.05) is 31.2 Å². The first-order valence-electron chi connectivity index (χ1n) is 7.46. The van der Waals surface area contributed by atoms with Gasteiger partial charge in [0, 0.05) is 31.1 Å². The van der Waals surface area contributed by atoms with E-state index in [1.54, 1.807) is 25.4 Å². The van der Waals surface area contributed by atoms with Crippen molar-refractivity contribution in [3.05, 3.63) is 48.2 Å². The van der Waals surface area contributed by atoms with Gasteiger partial charge in [-0.15, -0.1) is 0 Å². The summed E-state index contributed by atoms with van der Waals surface area (Å²) in [6, 6.07) is 10.9. The molecule has 0 bridgehead atoms. The van der Waals surface area contributed by atoms with Crippen LogP contribution in [0, 0.1) is 0 Å². The summed E-state index contributed by atoms with van der Waals surface area (Å²) in [5.41, 5.74) is 1.42. The standard InChI is InChI=1S/C17H21N3O3/c1-3-23-15-6-4-14(5-7-15)20-16-12-13(8-9-18-16)17(21)19-10-11-22-2/h4-9,12H,3,10-11H2,1-2H3,(H,18,20)(H,19,21). The first kappa shape index (κ1) is 16.8. The monoisotopic (exact) mass is 315 g/mol. The quantitative estimate of drug-likeness (QED) is 0.733. The van der Waals surface area contributed by atoms with E-state index < -0.39 is 0 Å². The van der Waals surface area contributed by atoms with E-state index in [9.17, 15) is 4.79 Å². The second-order valence-corrected chi connectivity index (χ2v) is 4.76. The Morgan fingerprint density at radius 1 is 1.22 bits per heavy atom. The average Bonchev–Trinajstić information content (AvgIpc) is 2.57. The van der Waals surface area contributed by atoms with Gasteiger partial charge in [-0.3, -0.25) is 4.79 Å². The normalized spacial score (nSPS) is 10.2. The van der Waals surface area contributed by atoms with Gasteiger partial charge in [-0.05, 0) is 43.3 Å². The number of hydrogen-bond donors (Lipinski definition) is 2. The van der Waals surface area contributed by atoms with Gasteiger partial charge in [-0.25, -0.2) is 4.98 Å². The van der Waals surface area contributed by atoms with Crippen LogP contribution in [0.2, 0.25) is 0 Å². The second kappa shape index (κ2) is 8.75. The molecule has 1 amide bonds. The Hall–Kier alpha value is -2.60. The predicted molar refractivity (Wildman–Crippen MR) is 89.3 cm³/mol. The lowest BCUT2D eigenvalue weighted by Crippen LogP contribution is -2.26. The van der Waals surface area contributed by atoms with Gasteiger partial charge in [0.1, 0.15) is 11.6 Å². The highest BCUT2D eigenvalue weighted by Crippen LogP contribution is 2.19. The zero-order valence-electron chi connectivity index (χ0n) is 13.3. The van der Waals surface area contributed by atoms with Crippen molar-refractivity contribution in [2.75, 3.05) is 32.2 Å². The third-order valence-electron chi connectivity index (χ3n) is 3.05. The summed E-state index contributed by atoms with van der Waals surface area (Å²) in [5.74, 6) is 1.27. The molecule has 0 radical (unpaired) electrons. The number of aromatic nitrogens is 1. The Morgan fingerprint density at radius 2 is 2.00 bits per heavy atom. The molecule has 6 heteroatoms. The molecule has 2 rings (SSSR count). The minimum atomic E-state index is -0.154. The highest BCUT2D eigenvalue weighted by atomic mass is 16.5. The minimum absolute atomic E-state index is 0.154. The van der Waals surface area contributed by atoms with Crippen molar-refractivity contribution in [3.8, 4) is 5.75 Å². The van der Waals surface area contributed by atoms with Crippen LogP contribution in [-0.2, 0) is 4.74 Å². The molecule has 0 aliphatic rings. The Labute approximate surface area is 135 Å². The minimum Gasteiger partial charge on any atom is -0.494 e. The van der Waals surface area contributed by atoms with Crippen LogP contribution in [0.1, 0.15) is 17.3 Å². The largest absolute Gasteiger partial charge is 0.494 e. The van der Waals surface area contributed by atoms with E-state index in [2.05, 4.69) is 15.6 Å². The van der Waals surface area contributed by atoms with Crippen molar-refractivity contribution in [2.45, 2.75) is 6.92 Å². The number of carbonyl (C=O) groups is 1. The van der Waals surface area contributed by atoms with Gasteiger partial charge in [0.05, 0.1) is 13.2 Å². The summed E-state index contributed by atoms with van der Waals surface area (Å²) in [4.78, 5) is 16.2. The molecule has 1 heterocycles. The van der Waals surface area contributed by atoms with Crippen LogP contribution in [0.25, 0.3) is 0 Å². The molecule has 2 N–H and O–H groups in total. The number of hydrogen-bond acceptors (Lipinski definition) is 5. The molecule has 0 aliphatic carbocycles. The maximum atomic E-state index is 12.0. The smallest absolute Gasteiger partial charge is 0.251 e. The summed E-state index contributed by atoms with van der Waals surface area (Å²) in [6.07, 6.45) is 1.60. The summed E-state index contributed by atoms with van der Waals surface area (Å²) in [5, 5.41) is 5.94. The van der Waals surface area contributed by atoms with Crippen molar-refractivity contribution in [3.63, 3.8) is 0 Å². The van der Waals surface area contributed by atoms with Crippen LogP contribution >= 0.6 is 0 Å². The number of anilines is 2. The lowest BCUT2D eigenvalue weighted by atomic mass is 10.2. The molecule has 1 aromatic carbocycles. The zero-order valence-corrected chi connectivity index (χ0v) is 13.3. The zero-order chi connectivity index (χ0) is 16.5. The summed E-state index contributed by atoms with van der Waals surface area (Å²) >= 11 is 0. The molecule has 0 unspecified atom stereocenters. The molecule has 2 aromatic rings. The second-order valence-electron chi connectivity index (χ2n) is 4.76. The molecule has 122 valence electrons. The van der Waals surface area contributed by atoms with Gasteiger partial charge in [0.15, 0.2) is 0 Å². The number of nitrogens with one attached hydrogen (secondary N) is 2. The van der Waals surface area contributed by atoms with Crippen LogP contribution in [0.5, 0.6) is 5.75 Å². The fourth-order valence-electron chi connectivity index (χ4n) is 1.96. The third-order valence-corrected chi connectivity index (χ3v) is 3.05. The predicted octanol–water partition coefficient (Wildman–Crippen LogP) is 2.60. The molecule has 1 aromatic heterocycles. The maximum Gasteiger partial charge on any atom is 0.251 e. The Bertz CT molecular complexity index is 629. The summed E-state index contributed by atoms with van der Waals surface area (Å²) in [7, 11) is 1.59. The summed E-state index contributed by atoms with van der Waals surface area (Å²) < 4.78 is 10.3. The molecular weight excluding hydrogens is 294 g/mol. The molecule has 0 fully saturated rings. The van der Waals surface area contributed by atoms with Crippen molar-refractivity contribution >= 4 is 17.4 Å². The van der Waals surface area contributed by atoms with Gasteiger partial charge in [0.25, 0.3) is 5.91 Å². The Morgan fingerprint density at radius 3 is 2.70 bits per heavy atom. The highest BCUT2D eigenvalue weighted by molar-refractivity contribution is 5.94. The molecule has 23 heavy (non-hydrogen) atoms. The van der Waals surface area contributed by atoms with Crippen molar-refractivity contribution in [1.29, 1.82) is 0 Å². The van der Waals surface area contributed by atoms with E-state index in [4.69, 9.17) is 9.47 Å². The number of carbonyl (C=O) groups excluding carboxylic acids is 1. The van der Waals surface area contributed by atoms with E-state index in [-0.39, 0.29) is 5.91 Å². The van der Waals surface area contributed by atoms with Gasteiger partial charge >= 0.3 is 0 Å². The van der Waals surface area contributed by atoms with Gasteiger partial charge in [-0.2, -0.15) is 0 Å². The van der Waals surface area contributed by atoms with Crippen molar-refractivity contribution in [2.24, 2.45) is 0 Å². The molecule has 0 saturated heterocycles. The number of amides is 1. The first-order chi connectivity index (χ1) is 11.2. The number of methoxy groups -OCH3 is 1. The first-order valence-corrected chi connectivity index (χ1v) is 7.46. The van der Waals surface area contributed by atoms with Gasteiger partial charge in [0.2, 0.25) is 0 Å². The molecular formula is C17H21N3O3. The van der Waals surface area contributed by atoms with E-state index in [1.165, 1.54) is 0 Å². The number of nitrogens with zero attached hydrogens (tertiary/aromatic N) is 1. The van der Waals surface area contributed by atoms with Crippen LogP contribution in [0.15, 0.2) is 42.6 Å². The summed E-state index contributed by atoms with van der Waals surface area (Å²) in [6.45, 7) is 3.53. The lowest BCUT2D eigenvalue weighted by molar-refractivity contribution is 0.0937. The van der Waals surface area contributed by atoms with Crippen LogP contribution < -0.4 is 15.4 Å². The molecule has 6 nitrogen and oxygen atoms in total. The fraction of sp³-hybridized carbons (Fsp3) is 0.294. The SMILES string of the molecule is CCOc1ccc(Nc2cc(C(=O)NCCOC)ccn2)cc1. The third kappa shape index (κ3) is 5.27. The number of ether oxygens (including phenoxy) is 2. The average molecular weight is 315 g/mol. The Kier molecular flexibility index (Phi) is 6.38.